The monoisotopic (exact) mass is 364 g/mol. The van der Waals surface area contributed by atoms with Gasteiger partial charge in [0.25, 0.3) is 0 Å². The van der Waals surface area contributed by atoms with E-state index in [0.29, 0.717) is 15.9 Å². The Morgan fingerprint density at radius 2 is 1.78 bits per heavy atom. The van der Waals surface area contributed by atoms with Gasteiger partial charge in [-0.2, -0.15) is 0 Å². The molecular weight excluding hydrogens is 358 g/mol. The summed E-state index contributed by atoms with van der Waals surface area (Å²) in [5.74, 6) is 0.476. The fraction of sp³-hybridized carbons (Fsp3) is 0.0833. The Bertz CT molecular complexity index is 582. The molecule has 1 aromatic heterocycles. The van der Waals surface area contributed by atoms with Crippen LogP contribution in [-0.2, 0) is 0 Å². The van der Waals surface area contributed by atoms with Crippen molar-refractivity contribution in [2.45, 2.75) is 6.92 Å². The quantitative estimate of drug-likeness (QED) is 0.674. The molecule has 0 aliphatic rings. The Labute approximate surface area is 128 Å². The van der Waals surface area contributed by atoms with Gasteiger partial charge >= 0.3 is 0 Å². The minimum absolute atomic E-state index is 0.218. The molecule has 0 amide bonds. The first-order valence-corrected chi connectivity index (χ1v) is 6.94. The topological polar surface area (TPSA) is 24.9 Å². The first-order chi connectivity index (χ1) is 8.45. The zero-order chi connectivity index (χ0) is 13.3. The molecule has 0 bridgehead atoms. The minimum Gasteiger partial charge on any atom is -0.339 e. The number of hydrogen-bond acceptors (Lipinski definition) is 2. The first kappa shape index (κ1) is 13.9. The van der Waals surface area contributed by atoms with E-state index in [2.05, 4.69) is 26.2 Å². The lowest BCUT2D eigenvalue weighted by Crippen LogP contribution is -1.96. The van der Waals surface area contributed by atoms with Crippen LogP contribution in [0.15, 0.2) is 28.7 Å². The molecular formula is C12H8BrCl3N2. The Morgan fingerprint density at radius 3 is 2.44 bits per heavy atom. The normalized spacial score (nSPS) is 10.5. The van der Waals surface area contributed by atoms with Gasteiger partial charge in [-0.05, 0) is 36.8 Å². The molecule has 0 fully saturated rings. The van der Waals surface area contributed by atoms with Crippen molar-refractivity contribution >= 4 is 62.2 Å². The molecule has 18 heavy (non-hydrogen) atoms. The first-order valence-electron chi connectivity index (χ1n) is 5.01. The summed E-state index contributed by atoms with van der Waals surface area (Å²) in [5, 5.41) is 4.07. The summed E-state index contributed by atoms with van der Waals surface area (Å²) in [7, 11) is 0. The van der Waals surface area contributed by atoms with Gasteiger partial charge in [0, 0.05) is 10.2 Å². The molecule has 1 heterocycles. The Kier molecular flexibility index (Phi) is 4.38. The van der Waals surface area contributed by atoms with E-state index in [4.69, 9.17) is 34.8 Å². The summed E-state index contributed by atoms with van der Waals surface area (Å²) in [6, 6.07) is 7.47. The highest BCUT2D eigenvalue weighted by Gasteiger charge is 2.08. The zero-order valence-corrected chi connectivity index (χ0v) is 13.1. The molecule has 0 atom stereocenters. The van der Waals surface area contributed by atoms with E-state index in [1.807, 2.05) is 25.1 Å². The zero-order valence-electron chi connectivity index (χ0n) is 9.27. The predicted molar refractivity (Wildman–Crippen MR) is 81.4 cm³/mol. The fourth-order valence-electron chi connectivity index (χ4n) is 1.48. The number of benzene rings is 1. The van der Waals surface area contributed by atoms with Crippen molar-refractivity contribution in [3.63, 3.8) is 0 Å². The van der Waals surface area contributed by atoms with Crippen LogP contribution in [0.3, 0.4) is 0 Å². The fourth-order valence-corrected chi connectivity index (χ4v) is 2.63. The molecule has 0 radical (unpaired) electrons. The molecule has 1 aromatic carbocycles. The molecule has 0 saturated carbocycles. The van der Waals surface area contributed by atoms with E-state index in [1.54, 1.807) is 6.07 Å². The van der Waals surface area contributed by atoms with Crippen LogP contribution in [0.4, 0.5) is 11.5 Å². The molecule has 1 N–H and O–H groups in total. The molecule has 0 aliphatic heterocycles. The average Bonchev–Trinajstić information content (AvgIpc) is 2.24. The van der Waals surface area contributed by atoms with E-state index in [1.165, 1.54) is 0 Å². The predicted octanol–water partition coefficient (Wildman–Crippen LogP) is 5.86. The van der Waals surface area contributed by atoms with Gasteiger partial charge in [0.05, 0.1) is 10.0 Å². The summed E-state index contributed by atoms with van der Waals surface area (Å²) in [4.78, 5) is 4.10. The van der Waals surface area contributed by atoms with Crippen molar-refractivity contribution in [1.82, 2.24) is 4.98 Å². The number of halogens is 4. The highest BCUT2D eigenvalue weighted by Crippen LogP contribution is 2.31. The van der Waals surface area contributed by atoms with Crippen LogP contribution in [-0.4, -0.2) is 4.98 Å². The van der Waals surface area contributed by atoms with Gasteiger partial charge in [-0.1, -0.05) is 50.7 Å². The second-order valence-corrected chi connectivity index (χ2v) is 5.82. The Balaban J connectivity index is 2.36. The third-order valence-corrected chi connectivity index (χ3v) is 3.61. The van der Waals surface area contributed by atoms with E-state index in [0.717, 1.165) is 15.7 Å². The van der Waals surface area contributed by atoms with Crippen molar-refractivity contribution in [3.05, 3.63) is 49.5 Å². The lowest BCUT2D eigenvalue weighted by atomic mass is 10.2. The maximum absolute atomic E-state index is 6.05. The minimum atomic E-state index is 0.218. The second-order valence-electron chi connectivity index (χ2n) is 3.73. The standard InChI is InChI=1S/C12H8BrCl3N2/c1-6-2-7(13)4-8(3-6)17-12-10(15)5-9(14)11(16)18-12/h2-5H,1H3,(H,17,18). The van der Waals surface area contributed by atoms with Gasteiger partial charge < -0.3 is 5.32 Å². The third-order valence-electron chi connectivity index (χ3n) is 2.19. The number of aryl methyl sites for hydroxylation is 1. The molecule has 0 unspecified atom stereocenters. The maximum Gasteiger partial charge on any atom is 0.151 e. The number of pyridine rings is 1. The van der Waals surface area contributed by atoms with E-state index >= 15 is 0 Å². The molecule has 2 aromatic rings. The molecule has 2 nitrogen and oxygen atoms in total. The number of nitrogens with zero attached hydrogens (tertiary/aromatic N) is 1. The van der Waals surface area contributed by atoms with Gasteiger partial charge in [0.1, 0.15) is 5.15 Å². The van der Waals surface area contributed by atoms with Gasteiger partial charge in [-0.15, -0.1) is 0 Å². The highest BCUT2D eigenvalue weighted by atomic mass is 79.9. The van der Waals surface area contributed by atoms with Crippen LogP contribution in [0.5, 0.6) is 0 Å². The maximum atomic E-state index is 6.05. The molecule has 94 valence electrons. The SMILES string of the molecule is Cc1cc(Br)cc(Nc2nc(Cl)c(Cl)cc2Cl)c1. The molecule has 0 saturated heterocycles. The van der Waals surface area contributed by atoms with Crippen molar-refractivity contribution < 1.29 is 0 Å². The van der Waals surface area contributed by atoms with E-state index in [9.17, 15) is 0 Å². The second kappa shape index (κ2) is 5.66. The van der Waals surface area contributed by atoms with Crippen LogP contribution in [0.1, 0.15) is 5.56 Å². The van der Waals surface area contributed by atoms with Crippen LogP contribution >= 0.6 is 50.7 Å². The number of aromatic nitrogens is 1. The Hall–Kier alpha value is -0.480. The van der Waals surface area contributed by atoms with Crippen molar-refractivity contribution in [1.29, 1.82) is 0 Å². The number of hydrogen-bond donors (Lipinski definition) is 1. The number of rotatable bonds is 2. The smallest absolute Gasteiger partial charge is 0.151 e. The molecule has 2 rings (SSSR count). The number of nitrogens with one attached hydrogen (secondary N) is 1. The molecule has 6 heteroatoms. The molecule has 0 spiro atoms. The van der Waals surface area contributed by atoms with Crippen LogP contribution in [0.25, 0.3) is 0 Å². The largest absolute Gasteiger partial charge is 0.339 e. The van der Waals surface area contributed by atoms with Crippen molar-refractivity contribution in [3.8, 4) is 0 Å². The van der Waals surface area contributed by atoms with Crippen LogP contribution < -0.4 is 5.32 Å². The van der Waals surface area contributed by atoms with Gasteiger partial charge in [-0.3, -0.25) is 0 Å². The Morgan fingerprint density at radius 1 is 1.06 bits per heavy atom. The van der Waals surface area contributed by atoms with Crippen molar-refractivity contribution in [2.75, 3.05) is 5.32 Å². The van der Waals surface area contributed by atoms with Crippen LogP contribution in [0.2, 0.25) is 15.2 Å². The number of anilines is 2. The van der Waals surface area contributed by atoms with Gasteiger partial charge in [-0.25, -0.2) is 4.98 Å². The van der Waals surface area contributed by atoms with E-state index in [-0.39, 0.29) is 5.15 Å². The average molecular weight is 366 g/mol. The summed E-state index contributed by atoms with van der Waals surface area (Å²) >= 11 is 21.2. The lowest BCUT2D eigenvalue weighted by Gasteiger charge is -2.10. The van der Waals surface area contributed by atoms with Crippen molar-refractivity contribution in [2.24, 2.45) is 0 Å². The van der Waals surface area contributed by atoms with Gasteiger partial charge in [0.15, 0.2) is 5.82 Å². The third kappa shape index (κ3) is 3.29. The summed E-state index contributed by atoms with van der Waals surface area (Å²) in [6.07, 6.45) is 0. The highest BCUT2D eigenvalue weighted by molar-refractivity contribution is 9.10. The summed E-state index contributed by atoms with van der Waals surface area (Å²) in [6.45, 7) is 2.00. The van der Waals surface area contributed by atoms with Gasteiger partial charge in [0.2, 0.25) is 0 Å². The molecule has 0 aliphatic carbocycles. The lowest BCUT2D eigenvalue weighted by molar-refractivity contribution is 1.30. The summed E-state index contributed by atoms with van der Waals surface area (Å²) in [5.41, 5.74) is 1.98. The summed E-state index contributed by atoms with van der Waals surface area (Å²) < 4.78 is 0.973. The van der Waals surface area contributed by atoms with Crippen LogP contribution in [0, 0.1) is 6.92 Å². The van der Waals surface area contributed by atoms with E-state index < -0.39 is 0 Å².